The van der Waals surface area contributed by atoms with Gasteiger partial charge in [0.05, 0.1) is 11.7 Å². The quantitative estimate of drug-likeness (QED) is 0.242. The van der Waals surface area contributed by atoms with E-state index in [1.807, 2.05) is 54.6 Å². The molecule has 0 saturated carbocycles. The van der Waals surface area contributed by atoms with E-state index in [9.17, 15) is 15.0 Å². The zero-order valence-corrected chi connectivity index (χ0v) is 21.5. The summed E-state index contributed by atoms with van der Waals surface area (Å²) in [4.78, 5) is 15.8. The van der Waals surface area contributed by atoms with E-state index < -0.39 is 12.1 Å². The fourth-order valence-electron chi connectivity index (χ4n) is 4.03. The lowest BCUT2D eigenvalue weighted by atomic mass is 9.94. The van der Waals surface area contributed by atoms with E-state index in [1.165, 1.54) is 5.56 Å². The Morgan fingerprint density at radius 1 is 0.889 bits per heavy atom. The highest BCUT2D eigenvalue weighted by molar-refractivity contribution is 5.97. The normalized spacial score (nSPS) is 12.1. The molecule has 0 aliphatic heterocycles. The minimum Gasteiger partial charge on any atom is -0.478 e. The summed E-state index contributed by atoms with van der Waals surface area (Å²) in [7, 11) is 0. The largest absolute Gasteiger partial charge is 0.478 e. The Morgan fingerprint density at radius 2 is 1.58 bits per heavy atom. The number of pyridine rings is 1. The van der Waals surface area contributed by atoms with Gasteiger partial charge in [0, 0.05) is 30.5 Å². The Balaban J connectivity index is 0.00000228. The first-order valence-corrected chi connectivity index (χ1v) is 11.3. The molecule has 3 N–H and O–H groups in total. The van der Waals surface area contributed by atoms with E-state index in [1.54, 1.807) is 18.5 Å². The maximum absolute atomic E-state index is 11.7. The third-order valence-electron chi connectivity index (χ3n) is 5.89. The molecule has 0 bridgehead atoms. The number of aromatic carboxylic acids is 1. The summed E-state index contributed by atoms with van der Waals surface area (Å²) in [5.41, 5.74) is 5.87. The Morgan fingerprint density at radius 3 is 2.22 bits per heavy atom. The molecule has 1 aromatic heterocycles. The van der Waals surface area contributed by atoms with Gasteiger partial charge in [0.25, 0.3) is 0 Å². The van der Waals surface area contributed by atoms with Crippen molar-refractivity contribution in [3.05, 3.63) is 114 Å². The average Bonchev–Trinajstić information content (AvgIpc) is 2.88. The van der Waals surface area contributed by atoms with Crippen LogP contribution in [0.15, 0.2) is 97.3 Å². The molecule has 0 spiro atoms. The first-order valence-electron chi connectivity index (χ1n) is 11.3. The SMILES string of the molecule is C[C@H](Cc1ccc(-c2ccc(C(=O)O)c(-c3ccccc3)c2)cc1)NC[C@H](O)c1cccnc1.Cl.Cl. The van der Waals surface area contributed by atoms with Gasteiger partial charge >= 0.3 is 5.97 Å². The summed E-state index contributed by atoms with van der Waals surface area (Å²) in [5.74, 6) is -0.934. The van der Waals surface area contributed by atoms with E-state index in [0.717, 1.165) is 28.7 Å². The third kappa shape index (κ3) is 7.39. The lowest BCUT2D eigenvalue weighted by Gasteiger charge is -2.17. The lowest BCUT2D eigenvalue weighted by molar-refractivity contribution is 0.0697. The molecule has 0 radical (unpaired) electrons. The second kappa shape index (κ2) is 13.8. The Bertz CT molecular complexity index is 1240. The number of nitrogens with one attached hydrogen (secondary N) is 1. The maximum atomic E-state index is 11.7. The highest BCUT2D eigenvalue weighted by atomic mass is 35.5. The van der Waals surface area contributed by atoms with Crippen molar-refractivity contribution < 1.29 is 15.0 Å². The van der Waals surface area contributed by atoms with Crippen molar-refractivity contribution in [3.63, 3.8) is 0 Å². The molecule has 0 amide bonds. The predicted molar refractivity (Wildman–Crippen MR) is 149 cm³/mol. The molecule has 0 aliphatic carbocycles. The summed E-state index contributed by atoms with van der Waals surface area (Å²) in [6.45, 7) is 2.56. The van der Waals surface area contributed by atoms with Crippen LogP contribution in [0.3, 0.4) is 0 Å². The number of aromatic nitrogens is 1. The van der Waals surface area contributed by atoms with Crippen LogP contribution in [0.4, 0.5) is 0 Å². The molecule has 0 fully saturated rings. The fraction of sp³-hybridized carbons (Fsp3) is 0.172. The van der Waals surface area contributed by atoms with Crippen molar-refractivity contribution in [2.45, 2.75) is 25.5 Å². The topological polar surface area (TPSA) is 82.5 Å². The molecule has 0 unspecified atom stereocenters. The molecule has 1 heterocycles. The second-order valence-electron chi connectivity index (χ2n) is 8.44. The van der Waals surface area contributed by atoms with Gasteiger partial charge in [-0.25, -0.2) is 4.79 Å². The van der Waals surface area contributed by atoms with Crippen LogP contribution in [0, 0.1) is 0 Å². The third-order valence-corrected chi connectivity index (χ3v) is 5.89. The number of aliphatic hydroxyl groups excluding tert-OH is 1. The van der Waals surface area contributed by atoms with Crippen LogP contribution >= 0.6 is 24.8 Å². The van der Waals surface area contributed by atoms with Gasteiger partial charge in [-0.05, 0) is 59.4 Å². The van der Waals surface area contributed by atoms with Gasteiger partial charge < -0.3 is 15.5 Å². The predicted octanol–water partition coefficient (Wildman–Crippen LogP) is 6.21. The number of hydrogen-bond acceptors (Lipinski definition) is 4. The summed E-state index contributed by atoms with van der Waals surface area (Å²) in [6.07, 6.45) is 3.61. The van der Waals surface area contributed by atoms with E-state index >= 15 is 0 Å². The van der Waals surface area contributed by atoms with Gasteiger partial charge in [0.15, 0.2) is 0 Å². The van der Waals surface area contributed by atoms with Crippen molar-refractivity contribution in [2.75, 3.05) is 6.54 Å². The maximum Gasteiger partial charge on any atom is 0.336 e. The highest BCUT2D eigenvalue weighted by Gasteiger charge is 2.14. The van der Waals surface area contributed by atoms with Crippen molar-refractivity contribution >= 4 is 30.8 Å². The molecular formula is C29H30Cl2N2O3. The van der Waals surface area contributed by atoms with Crippen molar-refractivity contribution in [1.82, 2.24) is 10.3 Å². The summed E-state index contributed by atoms with van der Waals surface area (Å²) in [6, 6.07) is 27.3. The number of carbonyl (C=O) groups is 1. The zero-order valence-electron chi connectivity index (χ0n) is 19.9. The first kappa shape index (κ1) is 29.0. The smallest absolute Gasteiger partial charge is 0.336 e. The molecular weight excluding hydrogens is 495 g/mol. The zero-order chi connectivity index (χ0) is 23.9. The molecule has 2 atom stereocenters. The van der Waals surface area contributed by atoms with Crippen LogP contribution in [-0.2, 0) is 6.42 Å². The number of aliphatic hydroxyl groups is 1. The number of carboxylic acids is 1. The first-order chi connectivity index (χ1) is 16.5. The molecule has 36 heavy (non-hydrogen) atoms. The van der Waals surface area contributed by atoms with Crippen molar-refractivity contribution in [3.8, 4) is 22.3 Å². The molecule has 4 rings (SSSR count). The summed E-state index contributed by atoms with van der Waals surface area (Å²) < 4.78 is 0. The van der Waals surface area contributed by atoms with Gasteiger partial charge in [0.1, 0.15) is 0 Å². The molecule has 188 valence electrons. The fourth-order valence-corrected chi connectivity index (χ4v) is 4.03. The average molecular weight is 525 g/mol. The molecule has 5 nitrogen and oxygen atoms in total. The molecule has 0 aliphatic rings. The number of nitrogens with zero attached hydrogens (tertiary/aromatic N) is 1. The number of carboxylic acid groups (broad SMARTS) is 1. The molecule has 4 aromatic rings. The minimum atomic E-state index is -0.934. The van der Waals surface area contributed by atoms with Crippen LogP contribution < -0.4 is 5.32 Å². The number of hydrogen-bond donors (Lipinski definition) is 3. The Kier molecular flexibility index (Phi) is 11.1. The van der Waals surface area contributed by atoms with Crippen molar-refractivity contribution in [1.29, 1.82) is 0 Å². The Hall–Kier alpha value is -3.22. The van der Waals surface area contributed by atoms with E-state index in [2.05, 4.69) is 41.5 Å². The number of halogens is 2. The van der Waals surface area contributed by atoms with Crippen LogP contribution in [0.1, 0.15) is 34.5 Å². The van der Waals surface area contributed by atoms with Gasteiger partial charge in [-0.2, -0.15) is 0 Å². The molecule has 3 aromatic carbocycles. The monoisotopic (exact) mass is 524 g/mol. The standard InChI is InChI=1S/C29H28N2O3.2ClH/c1-20(31-19-28(32)25-8-5-15-30-18-25)16-21-9-11-22(12-10-21)24-13-14-26(29(33)34)27(17-24)23-6-3-2-4-7-23;;/h2-15,17-18,20,28,31-32H,16,19H2,1H3,(H,33,34);2*1H/t20-,28+;;/m1../s1. The van der Waals surface area contributed by atoms with Gasteiger partial charge in [-0.15, -0.1) is 24.8 Å². The van der Waals surface area contributed by atoms with Crippen LogP contribution in [0.25, 0.3) is 22.3 Å². The second-order valence-corrected chi connectivity index (χ2v) is 8.44. The molecule has 0 saturated heterocycles. The molecule has 7 heteroatoms. The van der Waals surface area contributed by atoms with Gasteiger partial charge in [-0.1, -0.05) is 66.7 Å². The summed E-state index contributed by atoms with van der Waals surface area (Å²) in [5, 5.41) is 23.3. The van der Waals surface area contributed by atoms with E-state index in [0.29, 0.717) is 17.7 Å². The van der Waals surface area contributed by atoms with E-state index in [-0.39, 0.29) is 30.9 Å². The lowest BCUT2D eigenvalue weighted by Crippen LogP contribution is -2.32. The van der Waals surface area contributed by atoms with Gasteiger partial charge in [-0.3, -0.25) is 4.98 Å². The number of rotatable bonds is 9. The Labute approximate surface area is 224 Å². The highest BCUT2D eigenvalue weighted by Crippen LogP contribution is 2.30. The minimum absolute atomic E-state index is 0. The van der Waals surface area contributed by atoms with Crippen LogP contribution in [0.2, 0.25) is 0 Å². The van der Waals surface area contributed by atoms with Gasteiger partial charge in [0.2, 0.25) is 0 Å². The van der Waals surface area contributed by atoms with E-state index in [4.69, 9.17) is 0 Å². The number of benzene rings is 3. The summed E-state index contributed by atoms with van der Waals surface area (Å²) >= 11 is 0. The van der Waals surface area contributed by atoms with Crippen molar-refractivity contribution in [2.24, 2.45) is 0 Å². The van der Waals surface area contributed by atoms with Crippen LogP contribution in [-0.4, -0.2) is 33.8 Å². The van der Waals surface area contributed by atoms with Crippen LogP contribution in [0.5, 0.6) is 0 Å².